The summed E-state index contributed by atoms with van der Waals surface area (Å²) < 4.78 is 54.9. The summed E-state index contributed by atoms with van der Waals surface area (Å²) in [6.07, 6.45) is 4.28. The molecule has 4 rings (SSSR count). The Morgan fingerprint density at radius 1 is 1.26 bits per heavy atom. The Balaban J connectivity index is 1.84. The number of amidine groups is 1. The molecule has 1 aliphatic heterocycles. The molecule has 0 saturated heterocycles. The zero-order valence-corrected chi connectivity index (χ0v) is 21.6. The van der Waals surface area contributed by atoms with Crippen molar-refractivity contribution in [3.8, 4) is 5.75 Å². The lowest BCUT2D eigenvalue weighted by atomic mass is 9.90. The number of sulfonamides is 2. The van der Waals surface area contributed by atoms with Gasteiger partial charge < -0.3 is 5.11 Å². The third-order valence-corrected chi connectivity index (χ3v) is 7.57. The van der Waals surface area contributed by atoms with Gasteiger partial charge in [-0.15, -0.1) is 0 Å². The fourth-order valence-electron chi connectivity index (χ4n) is 3.84. The van der Waals surface area contributed by atoms with Gasteiger partial charge in [0.1, 0.15) is 16.2 Å². The molecule has 3 N–H and O–H groups in total. The van der Waals surface area contributed by atoms with Crippen LogP contribution in [0, 0.1) is 11.3 Å². The van der Waals surface area contributed by atoms with Crippen LogP contribution in [0.5, 0.6) is 5.75 Å². The Morgan fingerprint density at radius 3 is 2.54 bits per heavy atom. The van der Waals surface area contributed by atoms with E-state index < -0.39 is 31.4 Å². The first-order chi connectivity index (χ1) is 16.1. The number of nitrogens with one attached hydrogen (secondary N) is 2. The lowest BCUT2D eigenvalue weighted by Crippen LogP contribution is -2.40. The third-order valence-electron chi connectivity index (χ3n) is 5.60. The van der Waals surface area contributed by atoms with Gasteiger partial charge in [-0.1, -0.05) is 33.6 Å². The van der Waals surface area contributed by atoms with Crippen molar-refractivity contribution in [2.45, 2.75) is 57.9 Å². The van der Waals surface area contributed by atoms with E-state index in [1.165, 1.54) is 16.8 Å². The SMILES string of the molecule is CC(C)(C)Cc1nn(CCC2CC2)c(=O)c(C2=Nc3ccc(NS(C)(=O)=O)cc3S(=O)(=O)N2)c1O. The van der Waals surface area contributed by atoms with Crippen LogP contribution in [-0.4, -0.2) is 43.8 Å². The second kappa shape index (κ2) is 8.63. The maximum absolute atomic E-state index is 13.3. The molecule has 0 amide bonds. The summed E-state index contributed by atoms with van der Waals surface area (Å²) in [6.45, 7) is 6.25. The first-order valence-corrected chi connectivity index (χ1v) is 14.6. The highest BCUT2D eigenvalue weighted by Crippen LogP contribution is 2.34. The number of fused-ring (bicyclic) bond motifs is 1. The maximum Gasteiger partial charge on any atom is 0.281 e. The highest BCUT2D eigenvalue weighted by molar-refractivity contribution is 7.92. The van der Waals surface area contributed by atoms with Crippen LogP contribution in [0.3, 0.4) is 0 Å². The quantitative estimate of drug-likeness (QED) is 0.501. The summed E-state index contributed by atoms with van der Waals surface area (Å²) >= 11 is 0. The second-order valence-electron chi connectivity index (χ2n) is 10.3. The van der Waals surface area contributed by atoms with Crippen molar-refractivity contribution < 1.29 is 21.9 Å². The Kier molecular flexibility index (Phi) is 6.20. The molecule has 0 radical (unpaired) electrons. The van der Waals surface area contributed by atoms with Crippen LogP contribution in [0.25, 0.3) is 0 Å². The topological polar surface area (TPSA) is 160 Å². The molecule has 1 aromatic carbocycles. The smallest absolute Gasteiger partial charge is 0.281 e. The standard InChI is InChI=1S/C22H29N5O6S2/c1-22(2,3)12-16-19(28)18(21(29)27(24-16)10-9-13-5-6-13)20-23-15-8-7-14(25-34(4,30)31)11-17(15)35(32,33)26-20/h7-8,11,13,25,28H,5-6,9-10,12H2,1-4H3,(H,23,26). The van der Waals surface area contributed by atoms with E-state index in [0.717, 1.165) is 31.6 Å². The molecule has 1 fully saturated rings. The lowest BCUT2D eigenvalue weighted by molar-refractivity contribution is 0.373. The monoisotopic (exact) mass is 523 g/mol. The summed E-state index contributed by atoms with van der Waals surface area (Å²) in [4.78, 5) is 17.4. The molecule has 13 heteroatoms. The Hall–Kier alpha value is -2.93. The van der Waals surface area contributed by atoms with E-state index in [4.69, 9.17) is 0 Å². The van der Waals surface area contributed by atoms with Crippen LogP contribution < -0.4 is 15.0 Å². The van der Waals surface area contributed by atoms with Crippen molar-refractivity contribution in [2.24, 2.45) is 16.3 Å². The minimum Gasteiger partial charge on any atom is -0.505 e. The number of aromatic nitrogens is 2. The molecule has 1 aromatic heterocycles. The molecule has 0 bridgehead atoms. The number of benzene rings is 1. The van der Waals surface area contributed by atoms with E-state index in [2.05, 4.69) is 19.5 Å². The first kappa shape index (κ1) is 25.2. The van der Waals surface area contributed by atoms with Crippen molar-refractivity contribution in [3.63, 3.8) is 0 Å². The van der Waals surface area contributed by atoms with Crippen molar-refractivity contribution >= 4 is 37.3 Å². The van der Waals surface area contributed by atoms with Gasteiger partial charge in [0, 0.05) is 18.7 Å². The zero-order valence-electron chi connectivity index (χ0n) is 20.0. The highest BCUT2D eigenvalue weighted by Gasteiger charge is 2.32. The van der Waals surface area contributed by atoms with Crippen LogP contribution in [0.2, 0.25) is 0 Å². The van der Waals surface area contributed by atoms with E-state index in [-0.39, 0.29) is 38.8 Å². The van der Waals surface area contributed by atoms with Gasteiger partial charge in [-0.2, -0.15) is 5.10 Å². The molecule has 2 heterocycles. The van der Waals surface area contributed by atoms with Gasteiger partial charge >= 0.3 is 0 Å². The summed E-state index contributed by atoms with van der Waals surface area (Å²) in [7, 11) is -7.85. The molecule has 0 spiro atoms. The first-order valence-electron chi connectivity index (χ1n) is 11.2. The van der Waals surface area contributed by atoms with Gasteiger partial charge in [0.2, 0.25) is 10.0 Å². The average molecular weight is 524 g/mol. The molecular formula is C22H29N5O6S2. The fraction of sp³-hybridized carbons (Fsp3) is 0.500. The number of hydrogen-bond acceptors (Lipinski definition) is 8. The van der Waals surface area contributed by atoms with Crippen LogP contribution in [0.4, 0.5) is 11.4 Å². The van der Waals surface area contributed by atoms with Gasteiger partial charge in [0.15, 0.2) is 11.6 Å². The van der Waals surface area contributed by atoms with E-state index in [9.17, 15) is 26.7 Å². The number of nitrogens with zero attached hydrogens (tertiary/aromatic N) is 3. The van der Waals surface area contributed by atoms with Crippen LogP contribution in [0.1, 0.15) is 51.3 Å². The van der Waals surface area contributed by atoms with Crippen LogP contribution in [-0.2, 0) is 33.0 Å². The van der Waals surface area contributed by atoms with Gasteiger partial charge in [0.25, 0.3) is 15.6 Å². The fourth-order valence-corrected chi connectivity index (χ4v) is 5.58. The van der Waals surface area contributed by atoms with E-state index in [1.54, 1.807) is 0 Å². The number of aryl methyl sites for hydroxylation is 1. The summed E-state index contributed by atoms with van der Waals surface area (Å²) in [5, 5.41) is 15.4. The lowest BCUT2D eigenvalue weighted by Gasteiger charge is -2.22. The Bertz CT molecular complexity index is 1480. The number of rotatable bonds is 7. The second-order valence-corrected chi connectivity index (χ2v) is 13.7. The van der Waals surface area contributed by atoms with Crippen LogP contribution >= 0.6 is 0 Å². The molecule has 1 aliphatic carbocycles. The summed E-state index contributed by atoms with van der Waals surface area (Å²) in [6, 6.07) is 3.85. The molecule has 1 saturated carbocycles. The average Bonchev–Trinajstić information content (AvgIpc) is 3.52. The minimum absolute atomic E-state index is 0.00955. The molecular weight excluding hydrogens is 494 g/mol. The van der Waals surface area contributed by atoms with Gasteiger partial charge in [0.05, 0.1) is 11.9 Å². The normalized spacial score (nSPS) is 17.3. The molecule has 0 atom stereocenters. The number of anilines is 1. The predicted molar refractivity (Wildman–Crippen MR) is 132 cm³/mol. The van der Waals surface area contributed by atoms with Crippen molar-refractivity contribution in [1.29, 1.82) is 0 Å². The molecule has 11 nitrogen and oxygen atoms in total. The van der Waals surface area contributed by atoms with E-state index >= 15 is 0 Å². The van der Waals surface area contributed by atoms with Gasteiger partial charge in [-0.05, 0) is 36.0 Å². The summed E-state index contributed by atoms with van der Waals surface area (Å²) in [5.41, 5.74) is -0.816. The van der Waals surface area contributed by atoms with Gasteiger partial charge in [-0.3, -0.25) is 14.2 Å². The molecule has 0 unspecified atom stereocenters. The van der Waals surface area contributed by atoms with E-state index in [0.29, 0.717) is 18.9 Å². The molecule has 2 aromatic rings. The minimum atomic E-state index is -4.22. The molecule has 2 aliphatic rings. The number of aliphatic imine (C=N–C) groups is 1. The largest absolute Gasteiger partial charge is 0.505 e. The third kappa shape index (κ3) is 5.84. The zero-order chi connectivity index (χ0) is 25.8. The van der Waals surface area contributed by atoms with Crippen LogP contribution in [0.15, 0.2) is 32.9 Å². The number of aromatic hydroxyl groups is 1. The predicted octanol–water partition coefficient (Wildman–Crippen LogP) is 2.08. The van der Waals surface area contributed by atoms with Crippen molar-refractivity contribution in [1.82, 2.24) is 14.5 Å². The molecule has 190 valence electrons. The van der Waals surface area contributed by atoms with E-state index in [1.807, 2.05) is 20.8 Å². The van der Waals surface area contributed by atoms with Gasteiger partial charge in [-0.25, -0.2) is 26.5 Å². The highest BCUT2D eigenvalue weighted by atomic mass is 32.2. The Labute approximate surface area is 204 Å². The summed E-state index contributed by atoms with van der Waals surface area (Å²) in [5.74, 6) is -0.173. The van der Waals surface area contributed by atoms with Crippen molar-refractivity contribution in [3.05, 3.63) is 39.8 Å². The molecule has 35 heavy (non-hydrogen) atoms. The maximum atomic E-state index is 13.3. The number of hydrogen-bond donors (Lipinski definition) is 3. The van der Waals surface area contributed by atoms with Crippen molar-refractivity contribution in [2.75, 3.05) is 11.0 Å². The Morgan fingerprint density at radius 2 is 1.94 bits per heavy atom.